The second-order valence-electron chi connectivity index (χ2n) is 3.40. The van der Waals surface area contributed by atoms with Crippen LogP contribution in [0.3, 0.4) is 0 Å². The van der Waals surface area contributed by atoms with E-state index in [1.165, 1.54) is 0 Å². The Labute approximate surface area is 81.9 Å². The average molecular weight is 188 g/mol. The lowest BCUT2D eigenvalue weighted by atomic mass is 10.1. The van der Waals surface area contributed by atoms with Gasteiger partial charge < -0.3 is 10.8 Å². The van der Waals surface area contributed by atoms with Gasteiger partial charge in [-0.2, -0.15) is 0 Å². The zero-order valence-corrected chi connectivity index (χ0v) is 9.00. The molecule has 0 saturated heterocycles. The highest BCUT2D eigenvalue weighted by atomic mass is 16.3. The molecule has 1 atom stereocenters. The third-order valence-corrected chi connectivity index (χ3v) is 2.39. The van der Waals surface area contributed by atoms with Crippen LogP contribution in [0.5, 0.6) is 0 Å². The lowest BCUT2D eigenvalue weighted by molar-refractivity contribution is 0.142. The second kappa shape index (κ2) is 8.48. The summed E-state index contributed by atoms with van der Waals surface area (Å²) in [5.74, 6) is 0. The van der Waals surface area contributed by atoms with Gasteiger partial charge in [-0.25, -0.2) is 0 Å². The maximum absolute atomic E-state index is 8.90. The van der Waals surface area contributed by atoms with Crippen LogP contribution in [0, 0.1) is 0 Å². The molecule has 0 fully saturated rings. The number of aliphatic hydroxyl groups is 1. The molecule has 13 heavy (non-hydrogen) atoms. The number of aliphatic hydroxyl groups excluding tert-OH is 1. The normalized spacial score (nSPS) is 13.6. The van der Waals surface area contributed by atoms with Gasteiger partial charge >= 0.3 is 0 Å². The Morgan fingerprint density at radius 2 is 2.00 bits per heavy atom. The molecule has 0 bridgehead atoms. The van der Waals surface area contributed by atoms with Crippen LogP contribution in [-0.2, 0) is 0 Å². The van der Waals surface area contributed by atoms with E-state index in [-0.39, 0.29) is 6.61 Å². The number of hydrogen-bond donors (Lipinski definition) is 2. The predicted octanol–water partition coefficient (Wildman–Crippen LogP) is 0.818. The van der Waals surface area contributed by atoms with Gasteiger partial charge in [0.25, 0.3) is 0 Å². The highest BCUT2D eigenvalue weighted by Crippen LogP contribution is 2.08. The minimum absolute atomic E-state index is 0.251. The van der Waals surface area contributed by atoms with E-state index in [1.54, 1.807) is 0 Å². The van der Waals surface area contributed by atoms with Gasteiger partial charge in [0.2, 0.25) is 0 Å². The molecule has 0 saturated carbocycles. The molecule has 0 aliphatic heterocycles. The first-order valence-corrected chi connectivity index (χ1v) is 5.35. The van der Waals surface area contributed by atoms with Crippen molar-refractivity contribution in [3.8, 4) is 0 Å². The molecule has 80 valence electrons. The third kappa shape index (κ3) is 5.24. The van der Waals surface area contributed by atoms with Crippen LogP contribution in [0.4, 0.5) is 0 Å². The zero-order chi connectivity index (χ0) is 10.1. The Morgan fingerprint density at radius 3 is 2.38 bits per heavy atom. The second-order valence-corrected chi connectivity index (χ2v) is 3.40. The Bertz CT molecular complexity index is 103. The zero-order valence-electron chi connectivity index (χ0n) is 9.00. The molecule has 0 aromatic carbocycles. The van der Waals surface area contributed by atoms with Gasteiger partial charge in [0, 0.05) is 12.6 Å². The van der Waals surface area contributed by atoms with E-state index in [0.717, 1.165) is 38.9 Å². The van der Waals surface area contributed by atoms with Gasteiger partial charge in [0.15, 0.2) is 0 Å². The van der Waals surface area contributed by atoms with Crippen LogP contribution in [0.2, 0.25) is 0 Å². The molecule has 0 aliphatic carbocycles. The number of nitrogens with zero attached hydrogens (tertiary/aromatic N) is 1. The van der Waals surface area contributed by atoms with E-state index in [4.69, 9.17) is 10.8 Å². The minimum Gasteiger partial charge on any atom is -0.395 e. The molecule has 0 aromatic heterocycles. The molecule has 0 radical (unpaired) electrons. The van der Waals surface area contributed by atoms with E-state index in [2.05, 4.69) is 18.7 Å². The number of rotatable bonds is 8. The van der Waals surface area contributed by atoms with Crippen molar-refractivity contribution in [3.63, 3.8) is 0 Å². The van der Waals surface area contributed by atoms with Crippen molar-refractivity contribution in [2.75, 3.05) is 26.2 Å². The molecular weight excluding hydrogens is 164 g/mol. The van der Waals surface area contributed by atoms with E-state index in [1.807, 2.05) is 0 Å². The van der Waals surface area contributed by atoms with Crippen LogP contribution in [0.15, 0.2) is 0 Å². The molecule has 3 nitrogen and oxygen atoms in total. The molecule has 0 aromatic rings. The van der Waals surface area contributed by atoms with Crippen molar-refractivity contribution in [2.45, 2.75) is 39.2 Å². The van der Waals surface area contributed by atoms with Crippen molar-refractivity contribution >= 4 is 0 Å². The molecule has 0 aliphatic rings. The molecular formula is C10H24N2O. The summed E-state index contributed by atoms with van der Waals surface area (Å²) < 4.78 is 0. The number of hydrogen-bond acceptors (Lipinski definition) is 3. The van der Waals surface area contributed by atoms with Gasteiger partial charge in [-0.1, -0.05) is 13.8 Å². The lowest BCUT2D eigenvalue weighted by Gasteiger charge is -2.29. The molecule has 0 spiro atoms. The summed E-state index contributed by atoms with van der Waals surface area (Å²) in [4.78, 5) is 2.34. The predicted molar refractivity (Wildman–Crippen MR) is 56.7 cm³/mol. The molecule has 3 N–H and O–H groups in total. The van der Waals surface area contributed by atoms with Crippen LogP contribution >= 0.6 is 0 Å². The van der Waals surface area contributed by atoms with E-state index in [9.17, 15) is 0 Å². The Balaban J connectivity index is 3.94. The lowest BCUT2D eigenvalue weighted by Crippen LogP contribution is -2.38. The fourth-order valence-electron chi connectivity index (χ4n) is 1.73. The van der Waals surface area contributed by atoms with E-state index >= 15 is 0 Å². The van der Waals surface area contributed by atoms with Gasteiger partial charge in [-0.3, -0.25) is 4.90 Å². The number of nitrogens with two attached hydrogens (primary N) is 1. The topological polar surface area (TPSA) is 49.5 Å². The molecule has 0 rings (SSSR count). The largest absolute Gasteiger partial charge is 0.395 e. The highest BCUT2D eigenvalue weighted by Gasteiger charge is 2.13. The van der Waals surface area contributed by atoms with Crippen molar-refractivity contribution in [1.82, 2.24) is 4.90 Å². The Kier molecular flexibility index (Phi) is 8.40. The first-order valence-electron chi connectivity index (χ1n) is 5.35. The monoisotopic (exact) mass is 188 g/mol. The van der Waals surface area contributed by atoms with Crippen LogP contribution in [0.25, 0.3) is 0 Å². The smallest absolute Gasteiger partial charge is 0.0558 e. The fourth-order valence-corrected chi connectivity index (χ4v) is 1.73. The van der Waals surface area contributed by atoms with Crippen molar-refractivity contribution in [2.24, 2.45) is 5.73 Å². The van der Waals surface area contributed by atoms with Gasteiger partial charge in [-0.05, 0) is 32.4 Å². The van der Waals surface area contributed by atoms with Crippen LogP contribution in [-0.4, -0.2) is 42.3 Å². The van der Waals surface area contributed by atoms with Gasteiger partial charge in [0.05, 0.1) is 6.61 Å². The van der Waals surface area contributed by atoms with Gasteiger partial charge in [-0.15, -0.1) is 0 Å². The molecule has 1 unspecified atom stereocenters. The maximum Gasteiger partial charge on any atom is 0.0558 e. The van der Waals surface area contributed by atoms with Crippen molar-refractivity contribution in [3.05, 3.63) is 0 Å². The first-order chi connectivity index (χ1) is 6.29. The van der Waals surface area contributed by atoms with E-state index < -0.39 is 0 Å². The van der Waals surface area contributed by atoms with Crippen LogP contribution < -0.4 is 5.73 Å². The van der Waals surface area contributed by atoms with Gasteiger partial charge in [0.1, 0.15) is 0 Å². The Hall–Kier alpha value is -0.120. The fraction of sp³-hybridized carbons (Fsp3) is 1.00. The first kappa shape index (κ1) is 12.9. The summed E-state index contributed by atoms with van der Waals surface area (Å²) in [7, 11) is 0. The summed E-state index contributed by atoms with van der Waals surface area (Å²) >= 11 is 0. The average Bonchev–Trinajstić information content (AvgIpc) is 2.14. The minimum atomic E-state index is 0.251. The molecule has 0 amide bonds. The summed E-state index contributed by atoms with van der Waals surface area (Å²) in [6.07, 6.45) is 3.30. The quantitative estimate of drug-likeness (QED) is 0.593. The summed E-state index contributed by atoms with van der Waals surface area (Å²) in [6, 6.07) is 0.553. The van der Waals surface area contributed by atoms with Crippen molar-refractivity contribution < 1.29 is 5.11 Å². The standard InChI is InChI=1S/C10H24N2O/c1-3-7-12(8-9-13)10(4-2)5-6-11/h10,13H,3-9,11H2,1-2H3. The molecule has 0 heterocycles. The Morgan fingerprint density at radius 1 is 1.31 bits per heavy atom. The third-order valence-electron chi connectivity index (χ3n) is 2.39. The summed E-state index contributed by atoms with van der Waals surface area (Å²) in [5, 5.41) is 8.90. The SMILES string of the molecule is CCCN(CCO)C(CC)CCN. The molecule has 3 heteroatoms. The maximum atomic E-state index is 8.90. The highest BCUT2D eigenvalue weighted by molar-refractivity contribution is 4.70. The summed E-state index contributed by atoms with van der Waals surface area (Å²) in [5.41, 5.74) is 5.55. The summed E-state index contributed by atoms with van der Waals surface area (Å²) in [6.45, 7) is 7.19. The van der Waals surface area contributed by atoms with E-state index in [0.29, 0.717) is 6.04 Å². The van der Waals surface area contributed by atoms with Crippen LogP contribution in [0.1, 0.15) is 33.1 Å². The van der Waals surface area contributed by atoms with Crippen molar-refractivity contribution in [1.29, 1.82) is 0 Å².